The van der Waals surface area contributed by atoms with E-state index in [1.54, 1.807) is 11.0 Å². The van der Waals surface area contributed by atoms with Gasteiger partial charge < -0.3 is 27.4 Å². The van der Waals surface area contributed by atoms with E-state index >= 15 is 0 Å². The van der Waals surface area contributed by atoms with Crippen molar-refractivity contribution in [1.29, 1.82) is 0 Å². The lowest BCUT2D eigenvalue weighted by Gasteiger charge is -2.22. The van der Waals surface area contributed by atoms with Gasteiger partial charge in [-0.05, 0) is 45.6 Å². The number of hydrogen-bond donors (Lipinski definition) is 2. The first kappa shape index (κ1) is 31.6. The molecule has 1 heterocycles. The number of nitrogens with one attached hydrogen (secondary N) is 2. The van der Waals surface area contributed by atoms with Crippen molar-refractivity contribution in [3.05, 3.63) is 101 Å². The Morgan fingerprint density at radius 3 is 2.46 bits per heavy atom. The summed E-state index contributed by atoms with van der Waals surface area (Å²) in [6, 6.07) is 24.4. The maximum Gasteiger partial charge on any atom is 0.411 e. The summed E-state index contributed by atoms with van der Waals surface area (Å²) in [5, 5.41) is 7.43. The lowest BCUT2D eigenvalue weighted by molar-refractivity contribution is -0.697. The Kier molecular flexibility index (Phi) is 12.1. The van der Waals surface area contributed by atoms with Gasteiger partial charge in [-0.2, -0.15) is 0 Å². The number of anilines is 2. The average Bonchev–Trinajstić information content (AvgIpc) is 2.96. The molecule has 0 saturated carbocycles. The van der Waals surface area contributed by atoms with Gasteiger partial charge in [0.05, 0.1) is 16.7 Å². The molecule has 3 aromatic carbocycles. The molecule has 4 rings (SSSR count). The zero-order valence-corrected chi connectivity index (χ0v) is 25.0. The summed E-state index contributed by atoms with van der Waals surface area (Å²) in [6.07, 6.45) is 4.19. The topological polar surface area (TPSA) is 91.6 Å². The predicted molar refractivity (Wildman–Crippen MR) is 159 cm³/mol. The second-order valence-electron chi connectivity index (χ2n) is 9.16. The van der Waals surface area contributed by atoms with Gasteiger partial charge in [0.25, 0.3) is 5.91 Å². The van der Waals surface area contributed by atoms with Crippen LogP contribution in [0.15, 0.2) is 95.7 Å². The molecule has 2 N–H and O–H groups in total. The van der Waals surface area contributed by atoms with E-state index in [4.69, 9.17) is 4.74 Å². The predicted octanol–water partition coefficient (Wildman–Crippen LogP) is 2.71. The zero-order valence-electron chi connectivity index (χ0n) is 22.7. The lowest BCUT2D eigenvalue weighted by atomic mass is 10.1. The van der Waals surface area contributed by atoms with Crippen LogP contribution < -0.4 is 32.5 Å². The molecule has 8 nitrogen and oxygen atoms in total. The van der Waals surface area contributed by atoms with Gasteiger partial charge in [0, 0.05) is 30.5 Å². The van der Waals surface area contributed by atoms with Crippen molar-refractivity contribution in [2.45, 2.75) is 26.3 Å². The first-order valence-electron chi connectivity index (χ1n) is 13.2. The number of rotatable bonds is 11. The van der Waals surface area contributed by atoms with E-state index in [1.165, 1.54) is 0 Å². The molecule has 0 spiro atoms. The third-order valence-electron chi connectivity index (χ3n) is 6.18. The van der Waals surface area contributed by atoms with Crippen LogP contribution in [-0.2, 0) is 16.1 Å². The molecule has 214 valence electrons. The monoisotopic (exact) mass is 638 g/mol. The summed E-state index contributed by atoms with van der Waals surface area (Å²) >= 11 is 3.50. The number of hydrogen-bond acceptors (Lipinski definition) is 4. The quantitative estimate of drug-likeness (QED) is 0.195. The first-order chi connectivity index (χ1) is 19.4. The van der Waals surface area contributed by atoms with Gasteiger partial charge in [0.1, 0.15) is 18.7 Å². The number of nitrogens with zero attached hydrogens (tertiary/aromatic N) is 2. The molecule has 41 heavy (non-hydrogen) atoms. The standard InChI is InChI=1S/C31H31BrN4O4.ClH/c1-2-17-35-21-24(20-25(32)22-35)30(38)36(26-11-4-3-5-12-26)18-15-29(37)33-16-19-40-31(39)34-28-14-8-10-23-9-6-7-13-27(23)28;/h3-14,20-22H,2,15-19H2,1H3,(H-,33,34,37,39);1H. The van der Waals surface area contributed by atoms with Crippen LogP contribution >= 0.6 is 15.9 Å². The van der Waals surface area contributed by atoms with E-state index in [2.05, 4.69) is 33.5 Å². The highest BCUT2D eigenvalue weighted by Crippen LogP contribution is 2.23. The van der Waals surface area contributed by atoms with Gasteiger partial charge >= 0.3 is 6.09 Å². The maximum atomic E-state index is 13.5. The maximum absolute atomic E-state index is 13.5. The number of pyridine rings is 1. The number of aryl methyl sites for hydroxylation is 1. The lowest BCUT2D eigenvalue weighted by Crippen LogP contribution is -3.00. The molecule has 0 bridgehead atoms. The van der Waals surface area contributed by atoms with Crippen LogP contribution in [0.3, 0.4) is 0 Å². The van der Waals surface area contributed by atoms with Crippen LogP contribution in [0.4, 0.5) is 16.2 Å². The van der Waals surface area contributed by atoms with Crippen LogP contribution in [0.25, 0.3) is 10.8 Å². The smallest absolute Gasteiger partial charge is 0.411 e. The van der Waals surface area contributed by atoms with E-state index < -0.39 is 6.09 Å². The van der Waals surface area contributed by atoms with Gasteiger partial charge in [-0.3, -0.25) is 14.9 Å². The molecule has 10 heteroatoms. The molecule has 0 unspecified atom stereocenters. The molecule has 0 saturated heterocycles. The van der Waals surface area contributed by atoms with E-state index in [0.717, 1.165) is 28.2 Å². The average molecular weight is 640 g/mol. The van der Waals surface area contributed by atoms with Crippen molar-refractivity contribution >= 4 is 56.0 Å². The van der Waals surface area contributed by atoms with Crippen molar-refractivity contribution in [1.82, 2.24) is 5.32 Å². The molecule has 0 aliphatic rings. The van der Waals surface area contributed by atoms with Gasteiger partial charge in [0.2, 0.25) is 5.91 Å². The Morgan fingerprint density at radius 1 is 0.951 bits per heavy atom. The normalized spacial score (nSPS) is 10.4. The van der Waals surface area contributed by atoms with Crippen molar-refractivity contribution in [2.75, 3.05) is 29.9 Å². The number of para-hydroxylation sites is 1. The fourth-order valence-electron chi connectivity index (χ4n) is 4.33. The van der Waals surface area contributed by atoms with Crippen molar-refractivity contribution in [2.24, 2.45) is 0 Å². The summed E-state index contributed by atoms with van der Waals surface area (Å²) in [5.41, 5.74) is 1.89. The van der Waals surface area contributed by atoms with Crippen molar-refractivity contribution < 1.29 is 36.1 Å². The first-order valence-corrected chi connectivity index (χ1v) is 14.0. The molecule has 0 atom stereocenters. The van der Waals surface area contributed by atoms with Crippen molar-refractivity contribution in [3.63, 3.8) is 0 Å². The molecule has 0 fully saturated rings. The number of carbonyl (C=O) groups excluding carboxylic acids is 3. The Bertz CT molecular complexity index is 1480. The number of carbonyl (C=O) groups is 3. The SMILES string of the molecule is CCC[n+]1cc(Br)cc(C(=O)N(CCC(=O)NCCOC(=O)Nc2cccc3ccccc23)c2ccccc2)c1.[Cl-]. The van der Waals surface area contributed by atoms with Gasteiger partial charge in [-0.15, -0.1) is 0 Å². The Balaban J connectivity index is 0.00000462. The number of amides is 3. The number of benzene rings is 3. The minimum Gasteiger partial charge on any atom is -1.00 e. The summed E-state index contributed by atoms with van der Waals surface area (Å²) < 4.78 is 8.03. The third kappa shape index (κ3) is 9.03. The molecule has 1 aromatic heterocycles. The minimum atomic E-state index is -0.596. The van der Waals surface area contributed by atoms with Crippen LogP contribution in [0.2, 0.25) is 0 Å². The van der Waals surface area contributed by atoms with Crippen LogP contribution in [0, 0.1) is 0 Å². The van der Waals surface area contributed by atoms with E-state index in [1.807, 2.05) is 89.8 Å². The molecule has 3 amide bonds. The summed E-state index contributed by atoms with van der Waals surface area (Å²) in [7, 11) is 0. The molecule has 0 aliphatic heterocycles. The Hall–Kier alpha value is -3.95. The highest BCUT2D eigenvalue weighted by molar-refractivity contribution is 9.10. The highest BCUT2D eigenvalue weighted by Gasteiger charge is 2.22. The highest BCUT2D eigenvalue weighted by atomic mass is 79.9. The zero-order chi connectivity index (χ0) is 28.3. The third-order valence-corrected chi connectivity index (χ3v) is 6.61. The summed E-state index contributed by atoms with van der Waals surface area (Å²) in [6.45, 7) is 3.22. The second-order valence-corrected chi connectivity index (χ2v) is 10.1. The van der Waals surface area contributed by atoms with E-state index in [0.29, 0.717) is 16.9 Å². The van der Waals surface area contributed by atoms with E-state index in [-0.39, 0.29) is 50.3 Å². The second kappa shape index (κ2) is 15.7. The van der Waals surface area contributed by atoms with Crippen molar-refractivity contribution in [3.8, 4) is 0 Å². The number of ether oxygens (including phenoxy) is 1. The molecular weight excluding hydrogens is 608 g/mol. The molecule has 0 radical (unpaired) electrons. The van der Waals surface area contributed by atoms with Crippen LogP contribution in [-0.4, -0.2) is 37.6 Å². The number of fused-ring (bicyclic) bond motifs is 1. The molecule has 0 aliphatic carbocycles. The van der Waals surface area contributed by atoms with Crippen LogP contribution in [0.1, 0.15) is 30.1 Å². The van der Waals surface area contributed by atoms with Crippen LogP contribution in [0.5, 0.6) is 0 Å². The van der Waals surface area contributed by atoms with Gasteiger partial charge in [0.15, 0.2) is 12.4 Å². The number of aromatic nitrogens is 1. The largest absolute Gasteiger partial charge is 1.00 e. The summed E-state index contributed by atoms with van der Waals surface area (Å²) in [5.74, 6) is -0.444. The Labute approximate surface area is 254 Å². The van der Waals surface area contributed by atoms with Gasteiger partial charge in [-0.1, -0.05) is 61.5 Å². The fourth-order valence-corrected chi connectivity index (χ4v) is 4.84. The molecular formula is C31H32BrClN4O4. The Morgan fingerprint density at radius 2 is 1.68 bits per heavy atom. The minimum absolute atomic E-state index is 0. The molecule has 4 aromatic rings. The number of halogens is 2. The van der Waals surface area contributed by atoms with Gasteiger partial charge in [-0.25, -0.2) is 9.36 Å². The summed E-state index contributed by atoms with van der Waals surface area (Å²) in [4.78, 5) is 40.0. The van der Waals surface area contributed by atoms with E-state index in [9.17, 15) is 14.4 Å². The fraction of sp³-hybridized carbons (Fsp3) is 0.226.